The van der Waals surface area contributed by atoms with Gasteiger partial charge in [0.25, 0.3) is 11.1 Å². The first-order valence-corrected chi connectivity index (χ1v) is 11.5. The second-order valence-electron chi connectivity index (χ2n) is 6.79. The van der Waals surface area contributed by atoms with Gasteiger partial charge in [0.2, 0.25) is 0 Å². The van der Waals surface area contributed by atoms with Crippen LogP contribution in [0.1, 0.15) is 25.0 Å². The summed E-state index contributed by atoms with van der Waals surface area (Å²) in [5.41, 5.74) is 1.78. The number of rotatable bonds is 8. The standard InChI is InChI=1S/C21H21NO6S2/c1-14(2)30(25,26)28-18-9-3-15(4-10-18)11-12-27-17-7-5-16(6-8-17)13-19-20(23)22-21(24)29-19/h3-10,13-14H,11-12H2,1-2H3,(H,22,23,24)/b19-13-. The maximum absolute atomic E-state index is 11.8. The predicted molar refractivity (Wildman–Crippen MR) is 116 cm³/mol. The summed E-state index contributed by atoms with van der Waals surface area (Å²) in [6.45, 7) is 3.57. The number of amides is 2. The molecular formula is C21H21NO6S2. The third-order valence-electron chi connectivity index (χ3n) is 4.19. The fourth-order valence-corrected chi connectivity index (χ4v) is 3.72. The van der Waals surface area contributed by atoms with E-state index in [0.29, 0.717) is 23.7 Å². The summed E-state index contributed by atoms with van der Waals surface area (Å²) in [4.78, 5) is 23.1. The van der Waals surface area contributed by atoms with E-state index in [2.05, 4.69) is 5.32 Å². The molecule has 0 unspecified atom stereocenters. The minimum absolute atomic E-state index is 0.286. The van der Waals surface area contributed by atoms with Gasteiger partial charge in [0.05, 0.1) is 16.8 Å². The van der Waals surface area contributed by atoms with E-state index in [9.17, 15) is 18.0 Å². The number of carbonyl (C=O) groups excluding carboxylic acids is 2. The summed E-state index contributed by atoms with van der Waals surface area (Å²) in [7, 11) is -3.60. The van der Waals surface area contributed by atoms with Gasteiger partial charge >= 0.3 is 10.1 Å². The van der Waals surface area contributed by atoms with Crippen LogP contribution in [0.4, 0.5) is 4.79 Å². The first-order valence-electron chi connectivity index (χ1n) is 9.23. The number of nitrogens with one attached hydrogen (secondary N) is 1. The highest BCUT2D eigenvalue weighted by Crippen LogP contribution is 2.26. The van der Waals surface area contributed by atoms with Crippen LogP contribution in [0.2, 0.25) is 0 Å². The Balaban J connectivity index is 1.50. The molecule has 0 radical (unpaired) electrons. The lowest BCUT2D eigenvalue weighted by Crippen LogP contribution is -2.19. The molecule has 1 fully saturated rings. The van der Waals surface area contributed by atoms with Crippen LogP contribution in [-0.4, -0.2) is 31.4 Å². The summed E-state index contributed by atoms with van der Waals surface area (Å²) >= 11 is 0.877. The van der Waals surface area contributed by atoms with Gasteiger partial charge in [-0.1, -0.05) is 24.3 Å². The molecule has 7 nitrogen and oxygen atoms in total. The van der Waals surface area contributed by atoms with Gasteiger partial charge in [-0.05, 0) is 67.1 Å². The molecule has 1 N–H and O–H groups in total. The molecule has 1 heterocycles. The molecule has 0 bridgehead atoms. The number of hydrogen-bond acceptors (Lipinski definition) is 7. The fourth-order valence-electron chi connectivity index (χ4n) is 2.46. The van der Waals surface area contributed by atoms with Crippen LogP contribution in [-0.2, 0) is 21.3 Å². The number of thioether (sulfide) groups is 1. The molecule has 2 aromatic rings. The van der Waals surface area contributed by atoms with Gasteiger partial charge in [-0.3, -0.25) is 14.9 Å². The molecule has 9 heteroatoms. The van der Waals surface area contributed by atoms with Crippen LogP contribution in [0.3, 0.4) is 0 Å². The highest BCUT2D eigenvalue weighted by atomic mass is 32.2. The normalized spacial score (nSPS) is 15.5. The van der Waals surface area contributed by atoms with E-state index in [0.717, 1.165) is 22.9 Å². The summed E-state index contributed by atoms with van der Waals surface area (Å²) in [5, 5.41) is 1.24. The van der Waals surface area contributed by atoms with Crippen molar-refractivity contribution in [2.75, 3.05) is 6.61 Å². The van der Waals surface area contributed by atoms with Gasteiger partial charge in [0, 0.05) is 6.42 Å². The lowest BCUT2D eigenvalue weighted by molar-refractivity contribution is -0.115. The van der Waals surface area contributed by atoms with Gasteiger partial charge in [0.1, 0.15) is 11.5 Å². The number of imide groups is 1. The summed E-state index contributed by atoms with van der Waals surface area (Å²) in [5.74, 6) is 0.581. The van der Waals surface area contributed by atoms with Crippen LogP contribution < -0.4 is 14.2 Å². The average molecular weight is 448 g/mol. The van der Waals surface area contributed by atoms with Gasteiger partial charge in [0.15, 0.2) is 0 Å². The SMILES string of the molecule is CC(C)S(=O)(=O)Oc1ccc(CCOc2ccc(/C=C3\SC(=O)NC3=O)cc2)cc1. The van der Waals surface area contributed by atoms with Crippen LogP contribution >= 0.6 is 11.8 Å². The Kier molecular flexibility index (Phi) is 6.84. The lowest BCUT2D eigenvalue weighted by Gasteiger charge is -2.10. The van der Waals surface area contributed by atoms with Crippen molar-refractivity contribution in [3.05, 3.63) is 64.6 Å². The summed E-state index contributed by atoms with van der Waals surface area (Å²) in [6.07, 6.45) is 2.29. The topological polar surface area (TPSA) is 98.8 Å². The largest absolute Gasteiger partial charge is 0.493 e. The maximum Gasteiger partial charge on any atom is 0.311 e. The minimum atomic E-state index is -3.60. The van der Waals surface area contributed by atoms with Crippen LogP contribution in [0.25, 0.3) is 6.08 Å². The lowest BCUT2D eigenvalue weighted by atomic mass is 10.1. The second-order valence-corrected chi connectivity index (χ2v) is 9.90. The summed E-state index contributed by atoms with van der Waals surface area (Å²) < 4.78 is 34.3. The number of carbonyl (C=O) groups is 2. The van der Waals surface area contributed by atoms with Gasteiger partial charge < -0.3 is 8.92 Å². The quantitative estimate of drug-likeness (QED) is 0.486. The Labute approximate surface area is 179 Å². The van der Waals surface area contributed by atoms with Crippen molar-refractivity contribution in [3.63, 3.8) is 0 Å². The van der Waals surface area contributed by atoms with Crippen molar-refractivity contribution in [2.24, 2.45) is 0 Å². The molecule has 1 saturated heterocycles. The van der Waals surface area contributed by atoms with Crippen molar-refractivity contribution in [1.82, 2.24) is 5.32 Å². The molecule has 3 rings (SSSR count). The van der Waals surface area contributed by atoms with E-state index in [1.165, 1.54) is 0 Å². The zero-order valence-electron chi connectivity index (χ0n) is 16.5. The van der Waals surface area contributed by atoms with Crippen LogP contribution in [0.5, 0.6) is 11.5 Å². The van der Waals surface area contributed by atoms with Crippen molar-refractivity contribution in [3.8, 4) is 11.5 Å². The molecule has 2 aromatic carbocycles. The zero-order chi connectivity index (χ0) is 21.7. The second kappa shape index (κ2) is 9.36. The molecule has 0 aliphatic carbocycles. The van der Waals surface area contributed by atoms with Gasteiger partial charge in [-0.2, -0.15) is 8.42 Å². The third kappa shape index (κ3) is 5.87. The maximum atomic E-state index is 11.8. The first-order chi connectivity index (χ1) is 14.2. The molecule has 0 aromatic heterocycles. The van der Waals surface area contributed by atoms with Gasteiger partial charge in [-0.15, -0.1) is 0 Å². The highest BCUT2D eigenvalue weighted by Gasteiger charge is 2.24. The van der Waals surface area contributed by atoms with E-state index in [1.807, 2.05) is 0 Å². The number of benzene rings is 2. The van der Waals surface area contributed by atoms with E-state index in [-0.39, 0.29) is 16.9 Å². The summed E-state index contributed by atoms with van der Waals surface area (Å²) in [6, 6.07) is 14.0. The number of ether oxygens (including phenoxy) is 1. The molecule has 0 spiro atoms. The Hall–Kier alpha value is -2.78. The molecule has 0 saturated carbocycles. The van der Waals surface area contributed by atoms with Crippen LogP contribution in [0, 0.1) is 0 Å². The smallest absolute Gasteiger partial charge is 0.311 e. The Morgan fingerprint density at radius 1 is 1.00 bits per heavy atom. The van der Waals surface area contributed by atoms with E-state index < -0.39 is 15.4 Å². The Morgan fingerprint density at radius 2 is 1.63 bits per heavy atom. The molecule has 30 heavy (non-hydrogen) atoms. The highest BCUT2D eigenvalue weighted by molar-refractivity contribution is 8.18. The molecule has 0 atom stereocenters. The van der Waals surface area contributed by atoms with Crippen molar-refractivity contribution < 1.29 is 26.9 Å². The molecule has 2 amide bonds. The molecule has 1 aliphatic rings. The van der Waals surface area contributed by atoms with E-state index >= 15 is 0 Å². The molecule has 158 valence electrons. The van der Waals surface area contributed by atoms with Crippen molar-refractivity contribution in [1.29, 1.82) is 0 Å². The fraction of sp³-hybridized carbons (Fsp3) is 0.238. The van der Waals surface area contributed by atoms with Crippen molar-refractivity contribution in [2.45, 2.75) is 25.5 Å². The predicted octanol–water partition coefficient (Wildman–Crippen LogP) is 3.75. The molecule has 1 aliphatic heterocycles. The van der Waals surface area contributed by atoms with Crippen molar-refractivity contribution >= 4 is 39.1 Å². The van der Waals surface area contributed by atoms with Gasteiger partial charge in [-0.25, -0.2) is 0 Å². The third-order valence-corrected chi connectivity index (χ3v) is 6.58. The minimum Gasteiger partial charge on any atom is -0.493 e. The average Bonchev–Trinajstić information content (AvgIpc) is 3.01. The number of hydrogen-bond donors (Lipinski definition) is 1. The van der Waals surface area contributed by atoms with E-state index in [1.54, 1.807) is 68.5 Å². The zero-order valence-corrected chi connectivity index (χ0v) is 18.1. The molecular weight excluding hydrogens is 426 g/mol. The van der Waals surface area contributed by atoms with Crippen LogP contribution in [0.15, 0.2) is 53.4 Å². The van der Waals surface area contributed by atoms with E-state index in [4.69, 9.17) is 8.92 Å². The Morgan fingerprint density at radius 3 is 2.20 bits per heavy atom. The first kappa shape index (κ1) is 21.9. The monoisotopic (exact) mass is 447 g/mol. The Bertz CT molecular complexity index is 1060.